The van der Waals surface area contributed by atoms with Crippen molar-refractivity contribution in [2.75, 3.05) is 0 Å². The van der Waals surface area contributed by atoms with Crippen LogP contribution in [0, 0.1) is 6.92 Å². The van der Waals surface area contributed by atoms with E-state index in [1.165, 1.54) is 0 Å². The van der Waals surface area contributed by atoms with Crippen LogP contribution in [-0.2, 0) is 6.61 Å². The fourth-order valence-corrected chi connectivity index (χ4v) is 2.18. The fourth-order valence-electron chi connectivity index (χ4n) is 1.68. The molecule has 0 aliphatic heterocycles. The van der Waals surface area contributed by atoms with Gasteiger partial charge in [-0.3, -0.25) is 10.2 Å². The molecule has 7 heteroatoms. The molecule has 1 aromatic heterocycles. The Bertz CT molecular complexity index is 620. The van der Waals surface area contributed by atoms with E-state index in [0.29, 0.717) is 27.1 Å². The van der Waals surface area contributed by atoms with Crippen molar-refractivity contribution < 1.29 is 13.9 Å². The summed E-state index contributed by atoms with van der Waals surface area (Å²) in [4.78, 5) is 11.4. The third-order valence-corrected chi connectivity index (χ3v) is 2.96. The van der Waals surface area contributed by atoms with Crippen LogP contribution in [0.1, 0.15) is 21.9 Å². The van der Waals surface area contributed by atoms with Gasteiger partial charge in [0.25, 0.3) is 0 Å². The minimum absolute atomic E-state index is 0.148. The number of hydrogen-bond donors (Lipinski definition) is 2. The highest BCUT2D eigenvalue weighted by atomic mass is 35.5. The van der Waals surface area contributed by atoms with Gasteiger partial charge >= 0.3 is 5.91 Å². The average molecular weight is 315 g/mol. The molecule has 0 unspecified atom stereocenters. The molecule has 2 rings (SSSR count). The van der Waals surface area contributed by atoms with Crippen molar-refractivity contribution in [1.82, 2.24) is 5.43 Å². The van der Waals surface area contributed by atoms with Gasteiger partial charge in [0.05, 0.1) is 0 Å². The van der Waals surface area contributed by atoms with Crippen molar-refractivity contribution in [3.63, 3.8) is 0 Å². The zero-order chi connectivity index (χ0) is 14.7. The molecular formula is C13H12Cl2N2O3. The maximum atomic E-state index is 11.4. The molecule has 1 aromatic carbocycles. The van der Waals surface area contributed by atoms with E-state index < -0.39 is 5.91 Å². The number of hydrazine groups is 1. The second-order valence-electron chi connectivity index (χ2n) is 4.09. The predicted octanol–water partition coefficient (Wildman–Crippen LogP) is 3.08. The van der Waals surface area contributed by atoms with E-state index in [-0.39, 0.29) is 12.4 Å². The second-order valence-corrected chi connectivity index (χ2v) is 4.97. The molecule has 0 radical (unpaired) electrons. The molecule has 1 heterocycles. The minimum atomic E-state index is -0.487. The molecule has 0 saturated carbocycles. The van der Waals surface area contributed by atoms with Crippen LogP contribution in [0.3, 0.4) is 0 Å². The van der Waals surface area contributed by atoms with E-state index in [1.807, 2.05) is 5.43 Å². The minimum Gasteiger partial charge on any atom is -0.486 e. The summed E-state index contributed by atoms with van der Waals surface area (Å²) in [6.45, 7) is 1.89. The first kappa shape index (κ1) is 14.7. The monoisotopic (exact) mass is 314 g/mol. The Kier molecular flexibility index (Phi) is 4.54. The summed E-state index contributed by atoms with van der Waals surface area (Å²) >= 11 is 11.7. The SMILES string of the molecule is Cc1cc(COc2cc(Cl)cc(Cl)c2)oc1C(=O)NN. The zero-order valence-corrected chi connectivity index (χ0v) is 12.1. The summed E-state index contributed by atoms with van der Waals surface area (Å²) < 4.78 is 10.9. The molecule has 106 valence electrons. The summed E-state index contributed by atoms with van der Waals surface area (Å²) in [6.07, 6.45) is 0. The summed E-state index contributed by atoms with van der Waals surface area (Å²) in [5, 5.41) is 0.956. The molecule has 0 fully saturated rings. The Morgan fingerprint density at radius 2 is 1.95 bits per heavy atom. The Hall–Kier alpha value is -1.69. The number of aryl methyl sites for hydroxylation is 1. The summed E-state index contributed by atoms with van der Waals surface area (Å²) in [5.41, 5.74) is 2.69. The van der Waals surface area contributed by atoms with Gasteiger partial charge in [-0.05, 0) is 31.2 Å². The summed E-state index contributed by atoms with van der Waals surface area (Å²) in [5.74, 6) is 5.75. The van der Waals surface area contributed by atoms with E-state index in [0.717, 1.165) is 0 Å². The summed E-state index contributed by atoms with van der Waals surface area (Å²) in [6, 6.07) is 6.58. The van der Waals surface area contributed by atoms with Gasteiger partial charge in [0.15, 0.2) is 5.76 Å². The lowest BCUT2D eigenvalue weighted by atomic mass is 10.2. The Morgan fingerprint density at radius 3 is 2.55 bits per heavy atom. The lowest BCUT2D eigenvalue weighted by molar-refractivity contribution is 0.0921. The molecule has 5 nitrogen and oxygen atoms in total. The number of ether oxygens (including phenoxy) is 1. The maximum absolute atomic E-state index is 11.4. The van der Waals surface area contributed by atoms with Gasteiger partial charge in [0.2, 0.25) is 0 Å². The Balaban J connectivity index is 2.09. The first-order valence-corrected chi connectivity index (χ1v) is 6.44. The highest BCUT2D eigenvalue weighted by Gasteiger charge is 2.14. The van der Waals surface area contributed by atoms with Crippen LogP contribution in [0.5, 0.6) is 5.75 Å². The highest BCUT2D eigenvalue weighted by molar-refractivity contribution is 6.34. The van der Waals surface area contributed by atoms with Gasteiger partial charge in [-0.1, -0.05) is 23.2 Å². The van der Waals surface area contributed by atoms with Crippen molar-refractivity contribution in [1.29, 1.82) is 0 Å². The molecule has 0 aliphatic rings. The molecule has 0 aliphatic carbocycles. The smallest absolute Gasteiger partial charge is 0.301 e. The lowest BCUT2D eigenvalue weighted by Crippen LogP contribution is -2.30. The standard InChI is InChI=1S/C13H12Cl2N2O3/c1-7-2-11(20-12(7)13(18)17-16)6-19-10-4-8(14)3-9(15)5-10/h2-5H,6,16H2,1H3,(H,17,18). The molecule has 2 aromatic rings. The number of carbonyl (C=O) groups excluding carboxylic acids is 1. The summed E-state index contributed by atoms with van der Waals surface area (Å²) in [7, 11) is 0. The topological polar surface area (TPSA) is 77.5 Å². The van der Waals surface area contributed by atoms with Gasteiger partial charge in [-0.15, -0.1) is 0 Å². The van der Waals surface area contributed by atoms with Crippen LogP contribution < -0.4 is 16.0 Å². The highest BCUT2D eigenvalue weighted by Crippen LogP contribution is 2.25. The van der Waals surface area contributed by atoms with Gasteiger partial charge in [-0.25, -0.2) is 5.84 Å². The molecule has 0 atom stereocenters. The largest absolute Gasteiger partial charge is 0.486 e. The van der Waals surface area contributed by atoms with Crippen LogP contribution in [-0.4, -0.2) is 5.91 Å². The average Bonchev–Trinajstić information content (AvgIpc) is 2.76. The number of nitrogen functional groups attached to an aromatic ring is 1. The number of hydrogen-bond acceptors (Lipinski definition) is 4. The molecular weight excluding hydrogens is 303 g/mol. The van der Waals surface area contributed by atoms with Gasteiger partial charge < -0.3 is 9.15 Å². The number of rotatable bonds is 4. The third-order valence-electron chi connectivity index (χ3n) is 2.52. The molecule has 0 bridgehead atoms. The predicted molar refractivity (Wildman–Crippen MR) is 75.9 cm³/mol. The van der Waals surface area contributed by atoms with Crippen LogP contribution in [0.2, 0.25) is 10.0 Å². The van der Waals surface area contributed by atoms with E-state index in [1.54, 1.807) is 31.2 Å². The molecule has 3 N–H and O–H groups in total. The first-order chi connectivity index (χ1) is 9.49. The maximum Gasteiger partial charge on any atom is 0.301 e. The van der Waals surface area contributed by atoms with Crippen molar-refractivity contribution in [3.05, 3.63) is 51.4 Å². The van der Waals surface area contributed by atoms with Gasteiger partial charge in [-0.2, -0.15) is 0 Å². The van der Waals surface area contributed by atoms with Crippen LogP contribution >= 0.6 is 23.2 Å². The zero-order valence-electron chi connectivity index (χ0n) is 10.6. The van der Waals surface area contributed by atoms with Crippen molar-refractivity contribution >= 4 is 29.1 Å². The van der Waals surface area contributed by atoms with Crippen molar-refractivity contribution in [2.45, 2.75) is 13.5 Å². The Labute approximate surface area is 125 Å². The number of benzene rings is 1. The number of carbonyl (C=O) groups is 1. The van der Waals surface area contributed by atoms with E-state index >= 15 is 0 Å². The number of furan rings is 1. The Morgan fingerprint density at radius 1 is 1.30 bits per heavy atom. The molecule has 20 heavy (non-hydrogen) atoms. The molecule has 0 saturated heterocycles. The normalized spacial score (nSPS) is 10.4. The van der Waals surface area contributed by atoms with Crippen LogP contribution in [0.15, 0.2) is 28.7 Å². The van der Waals surface area contributed by atoms with Crippen molar-refractivity contribution in [2.24, 2.45) is 5.84 Å². The van der Waals surface area contributed by atoms with E-state index in [4.69, 9.17) is 38.2 Å². The molecule has 1 amide bonds. The number of amides is 1. The first-order valence-electron chi connectivity index (χ1n) is 5.68. The van der Waals surface area contributed by atoms with Gasteiger partial charge in [0.1, 0.15) is 18.1 Å². The van der Waals surface area contributed by atoms with Crippen LogP contribution in [0.25, 0.3) is 0 Å². The lowest BCUT2D eigenvalue weighted by Gasteiger charge is -2.05. The molecule has 0 spiro atoms. The van der Waals surface area contributed by atoms with Crippen molar-refractivity contribution in [3.8, 4) is 5.75 Å². The van der Waals surface area contributed by atoms with E-state index in [2.05, 4.69) is 0 Å². The number of halogens is 2. The quantitative estimate of drug-likeness (QED) is 0.516. The second kappa shape index (κ2) is 6.17. The number of nitrogens with two attached hydrogens (primary N) is 1. The number of nitrogens with one attached hydrogen (secondary N) is 1. The van der Waals surface area contributed by atoms with Crippen LogP contribution in [0.4, 0.5) is 0 Å². The fraction of sp³-hybridized carbons (Fsp3) is 0.154. The van der Waals surface area contributed by atoms with Gasteiger partial charge in [0, 0.05) is 15.6 Å². The third kappa shape index (κ3) is 3.45. The van der Waals surface area contributed by atoms with E-state index in [9.17, 15) is 4.79 Å².